The molecule has 0 atom stereocenters. The Bertz CT molecular complexity index is 508. The lowest BCUT2D eigenvalue weighted by Crippen LogP contribution is -2.51. The van der Waals surface area contributed by atoms with Gasteiger partial charge in [-0.15, -0.1) is 0 Å². The minimum atomic E-state index is -0.344. The normalized spacial score (nSPS) is 18.3. The Hall–Kier alpha value is -1.84. The second kappa shape index (κ2) is 5.03. The SMILES string of the molecule is COC(=O)c1ccccc1N1CCC(=O)CC1(C)C. The first-order valence-corrected chi connectivity index (χ1v) is 6.42. The molecule has 0 radical (unpaired) electrons. The zero-order valence-corrected chi connectivity index (χ0v) is 11.6. The molecule has 0 bridgehead atoms. The summed E-state index contributed by atoms with van der Waals surface area (Å²) in [5.74, 6) is -0.0694. The van der Waals surface area contributed by atoms with Gasteiger partial charge in [-0.05, 0) is 26.0 Å². The predicted molar refractivity (Wildman–Crippen MR) is 73.4 cm³/mol. The van der Waals surface area contributed by atoms with Gasteiger partial charge in [0.25, 0.3) is 0 Å². The Morgan fingerprint density at radius 2 is 2.00 bits per heavy atom. The van der Waals surface area contributed by atoms with Gasteiger partial charge in [0.1, 0.15) is 5.78 Å². The summed E-state index contributed by atoms with van der Waals surface area (Å²) in [5.41, 5.74) is 1.11. The van der Waals surface area contributed by atoms with Crippen molar-refractivity contribution in [2.24, 2.45) is 0 Å². The van der Waals surface area contributed by atoms with Crippen molar-refractivity contribution in [3.8, 4) is 0 Å². The molecule has 4 nitrogen and oxygen atoms in total. The molecule has 1 aliphatic heterocycles. The van der Waals surface area contributed by atoms with Gasteiger partial charge >= 0.3 is 5.97 Å². The maximum absolute atomic E-state index is 11.8. The molecular weight excluding hydrogens is 242 g/mol. The summed E-state index contributed by atoms with van der Waals surface area (Å²) in [5, 5.41) is 0. The maximum Gasteiger partial charge on any atom is 0.339 e. The van der Waals surface area contributed by atoms with Crippen molar-refractivity contribution in [3.63, 3.8) is 0 Å². The van der Waals surface area contributed by atoms with Crippen molar-refractivity contribution in [1.82, 2.24) is 0 Å². The van der Waals surface area contributed by atoms with Crippen LogP contribution in [0.4, 0.5) is 5.69 Å². The number of hydrogen-bond acceptors (Lipinski definition) is 4. The van der Waals surface area contributed by atoms with E-state index in [0.717, 1.165) is 5.69 Å². The minimum Gasteiger partial charge on any atom is -0.465 e. The van der Waals surface area contributed by atoms with Crippen LogP contribution >= 0.6 is 0 Å². The van der Waals surface area contributed by atoms with Crippen molar-refractivity contribution in [1.29, 1.82) is 0 Å². The number of anilines is 1. The quantitative estimate of drug-likeness (QED) is 0.767. The lowest BCUT2D eigenvalue weighted by Gasteiger charge is -2.44. The fraction of sp³-hybridized carbons (Fsp3) is 0.467. The molecule has 2 rings (SSSR count). The van der Waals surface area contributed by atoms with Crippen LogP contribution in [0, 0.1) is 0 Å². The Labute approximate surface area is 113 Å². The number of ketones is 1. The molecule has 1 aliphatic rings. The average Bonchev–Trinajstić information content (AvgIpc) is 2.37. The highest BCUT2D eigenvalue weighted by Crippen LogP contribution is 2.33. The van der Waals surface area contributed by atoms with Crippen LogP contribution in [-0.2, 0) is 9.53 Å². The maximum atomic E-state index is 11.8. The zero-order chi connectivity index (χ0) is 14.0. The molecule has 19 heavy (non-hydrogen) atoms. The summed E-state index contributed by atoms with van der Waals surface area (Å²) in [6, 6.07) is 7.38. The Morgan fingerprint density at radius 1 is 1.32 bits per heavy atom. The summed E-state index contributed by atoms with van der Waals surface area (Å²) in [6.07, 6.45) is 1.03. The summed E-state index contributed by atoms with van der Waals surface area (Å²) in [6.45, 7) is 4.69. The van der Waals surface area contributed by atoms with E-state index in [2.05, 4.69) is 4.90 Å². The average molecular weight is 261 g/mol. The molecule has 102 valence electrons. The van der Waals surface area contributed by atoms with E-state index in [0.29, 0.717) is 24.9 Å². The molecular formula is C15H19NO3. The molecule has 0 N–H and O–H groups in total. The van der Waals surface area contributed by atoms with Crippen LogP contribution in [-0.4, -0.2) is 30.9 Å². The van der Waals surface area contributed by atoms with E-state index in [1.54, 1.807) is 6.07 Å². The topological polar surface area (TPSA) is 46.6 Å². The van der Waals surface area contributed by atoms with E-state index < -0.39 is 0 Å². The van der Waals surface area contributed by atoms with Gasteiger partial charge in [-0.2, -0.15) is 0 Å². The second-order valence-corrected chi connectivity index (χ2v) is 5.44. The van der Waals surface area contributed by atoms with Crippen LogP contribution in [0.3, 0.4) is 0 Å². The highest BCUT2D eigenvalue weighted by molar-refractivity contribution is 5.96. The molecule has 4 heteroatoms. The summed E-state index contributed by atoms with van der Waals surface area (Å²) in [4.78, 5) is 25.6. The number of esters is 1. The van der Waals surface area contributed by atoms with Gasteiger partial charge in [0.2, 0.25) is 0 Å². The number of hydrogen-bond donors (Lipinski definition) is 0. The van der Waals surface area contributed by atoms with Crippen LogP contribution in [0.2, 0.25) is 0 Å². The van der Waals surface area contributed by atoms with Crippen molar-refractivity contribution < 1.29 is 14.3 Å². The highest BCUT2D eigenvalue weighted by Gasteiger charge is 2.35. The van der Waals surface area contributed by atoms with Gasteiger partial charge in [-0.25, -0.2) is 4.79 Å². The van der Waals surface area contributed by atoms with Gasteiger partial charge in [-0.3, -0.25) is 4.79 Å². The summed E-state index contributed by atoms with van der Waals surface area (Å²) in [7, 11) is 1.38. The molecule has 0 aromatic heterocycles. The van der Waals surface area contributed by atoms with Crippen LogP contribution in [0.5, 0.6) is 0 Å². The van der Waals surface area contributed by atoms with Crippen LogP contribution < -0.4 is 4.90 Å². The van der Waals surface area contributed by atoms with E-state index in [1.165, 1.54) is 7.11 Å². The first kappa shape index (κ1) is 13.6. The Kier molecular flexibility index (Phi) is 3.60. The molecule has 0 aliphatic carbocycles. The first-order valence-electron chi connectivity index (χ1n) is 6.42. The van der Waals surface area contributed by atoms with Crippen molar-refractivity contribution in [2.45, 2.75) is 32.2 Å². The Morgan fingerprint density at radius 3 is 2.63 bits per heavy atom. The number of carbonyl (C=O) groups excluding carboxylic acids is 2. The highest BCUT2D eigenvalue weighted by atomic mass is 16.5. The molecule has 0 spiro atoms. The standard InChI is InChI=1S/C15H19NO3/c1-15(2)10-11(17)8-9-16(15)13-7-5-4-6-12(13)14(18)19-3/h4-7H,8-10H2,1-3H3. The van der Waals surface area contributed by atoms with Gasteiger partial charge < -0.3 is 9.64 Å². The van der Waals surface area contributed by atoms with Gasteiger partial charge in [0, 0.05) is 24.9 Å². The zero-order valence-electron chi connectivity index (χ0n) is 11.6. The van der Waals surface area contributed by atoms with Crippen LogP contribution in [0.15, 0.2) is 24.3 Å². The number of benzene rings is 1. The lowest BCUT2D eigenvalue weighted by molar-refractivity contribution is -0.121. The van der Waals surface area contributed by atoms with E-state index in [-0.39, 0.29) is 17.3 Å². The van der Waals surface area contributed by atoms with Crippen molar-refractivity contribution >= 4 is 17.4 Å². The van der Waals surface area contributed by atoms with Gasteiger partial charge in [-0.1, -0.05) is 12.1 Å². The van der Waals surface area contributed by atoms with Gasteiger partial charge in [0.15, 0.2) is 0 Å². The van der Waals surface area contributed by atoms with E-state index >= 15 is 0 Å². The number of carbonyl (C=O) groups is 2. The monoisotopic (exact) mass is 261 g/mol. The van der Waals surface area contributed by atoms with Crippen LogP contribution in [0.25, 0.3) is 0 Å². The Balaban J connectivity index is 2.41. The third-order valence-electron chi connectivity index (χ3n) is 3.57. The third-order valence-corrected chi connectivity index (χ3v) is 3.57. The van der Waals surface area contributed by atoms with Crippen LogP contribution in [0.1, 0.15) is 37.0 Å². The fourth-order valence-corrected chi connectivity index (χ4v) is 2.64. The number of piperidine rings is 1. The molecule has 1 fully saturated rings. The number of rotatable bonds is 2. The number of nitrogens with zero attached hydrogens (tertiary/aromatic N) is 1. The van der Waals surface area contributed by atoms with Crippen molar-refractivity contribution in [3.05, 3.63) is 29.8 Å². The number of methoxy groups -OCH3 is 1. The largest absolute Gasteiger partial charge is 0.465 e. The summed E-state index contributed by atoms with van der Waals surface area (Å²) >= 11 is 0. The molecule has 1 heterocycles. The fourth-order valence-electron chi connectivity index (χ4n) is 2.64. The minimum absolute atomic E-state index is 0.275. The molecule has 0 saturated carbocycles. The predicted octanol–water partition coefficient (Wildman–Crippen LogP) is 2.42. The molecule has 0 unspecified atom stereocenters. The number of para-hydroxylation sites is 1. The van der Waals surface area contributed by atoms with E-state index in [9.17, 15) is 9.59 Å². The smallest absolute Gasteiger partial charge is 0.339 e. The number of ether oxygens (including phenoxy) is 1. The summed E-state index contributed by atoms with van der Waals surface area (Å²) < 4.78 is 4.82. The molecule has 1 saturated heterocycles. The molecule has 0 amide bonds. The third kappa shape index (κ3) is 2.62. The first-order chi connectivity index (χ1) is 8.95. The lowest BCUT2D eigenvalue weighted by atomic mass is 9.88. The van der Waals surface area contributed by atoms with Crippen molar-refractivity contribution in [2.75, 3.05) is 18.6 Å². The molecule has 1 aromatic rings. The van der Waals surface area contributed by atoms with E-state index in [1.807, 2.05) is 32.0 Å². The second-order valence-electron chi connectivity index (χ2n) is 5.44. The van der Waals surface area contributed by atoms with Gasteiger partial charge in [0.05, 0.1) is 18.4 Å². The molecule has 1 aromatic carbocycles. The number of Topliss-reactive ketones (excluding diaryl/α,β-unsaturated/α-hetero) is 1. The van der Waals surface area contributed by atoms with E-state index in [4.69, 9.17) is 4.74 Å².